The Bertz CT molecular complexity index is 132. The summed E-state index contributed by atoms with van der Waals surface area (Å²) < 4.78 is 0. The number of aliphatic hydroxyl groups is 1. The van der Waals surface area contributed by atoms with Crippen molar-refractivity contribution < 1.29 is 9.90 Å². The molecule has 0 rings (SSSR count). The maximum atomic E-state index is 10.9. The molecular formula is C8H17NO2. The second-order valence-electron chi connectivity index (χ2n) is 3.26. The van der Waals surface area contributed by atoms with Gasteiger partial charge in [0.2, 0.25) is 5.91 Å². The van der Waals surface area contributed by atoms with E-state index in [1.54, 1.807) is 0 Å². The lowest BCUT2D eigenvalue weighted by atomic mass is 10.0. The van der Waals surface area contributed by atoms with Gasteiger partial charge in [0.15, 0.2) is 0 Å². The van der Waals surface area contributed by atoms with Gasteiger partial charge in [-0.2, -0.15) is 0 Å². The van der Waals surface area contributed by atoms with Crippen LogP contribution < -0.4 is 5.32 Å². The molecule has 0 unspecified atom stereocenters. The van der Waals surface area contributed by atoms with Crippen LogP contribution in [-0.4, -0.2) is 23.2 Å². The lowest BCUT2D eigenvalue weighted by molar-refractivity contribution is -0.122. The monoisotopic (exact) mass is 159 g/mol. The minimum Gasteiger partial charge on any atom is -0.396 e. The first-order chi connectivity index (χ1) is 5.02. The van der Waals surface area contributed by atoms with Crippen LogP contribution in [-0.2, 0) is 4.79 Å². The van der Waals surface area contributed by atoms with Crippen molar-refractivity contribution in [1.82, 2.24) is 5.32 Å². The molecule has 2 N–H and O–H groups in total. The Morgan fingerprint density at radius 2 is 2.09 bits per heavy atom. The lowest BCUT2D eigenvalue weighted by Gasteiger charge is -2.24. The summed E-state index contributed by atoms with van der Waals surface area (Å²) in [6, 6.07) is 0. The minimum absolute atomic E-state index is 0.0310. The summed E-state index contributed by atoms with van der Waals surface area (Å²) in [5.41, 5.74) is -0.276. The van der Waals surface area contributed by atoms with Crippen LogP contribution in [0.3, 0.4) is 0 Å². The number of hydrogen-bond acceptors (Lipinski definition) is 2. The van der Waals surface area contributed by atoms with Crippen molar-refractivity contribution in [2.75, 3.05) is 6.61 Å². The molecule has 66 valence electrons. The molecule has 0 radical (unpaired) electrons. The molecule has 3 nitrogen and oxygen atoms in total. The SMILES string of the molecule is CCC(=O)NC(C)(C)CCO. The predicted molar refractivity (Wildman–Crippen MR) is 44.2 cm³/mol. The van der Waals surface area contributed by atoms with E-state index < -0.39 is 0 Å². The third-order valence-electron chi connectivity index (χ3n) is 1.54. The predicted octanol–water partition coefficient (Wildman–Crippen LogP) is 0.674. The zero-order chi connectivity index (χ0) is 8.91. The highest BCUT2D eigenvalue weighted by Crippen LogP contribution is 2.06. The Labute approximate surface area is 67.8 Å². The summed E-state index contributed by atoms with van der Waals surface area (Å²) in [5, 5.41) is 11.4. The van der Waals surface area contributed by atoms with Gasteiger partial charge < -0.3 is 10.4 Å². The summed E-state index contributed by atoms with van der Waals surface area (Å²) in [6.45, 7) is 5.72. The van der Waals surface area contributed by atoms with E-state index in [0.29, 0.717) is 12.8 Å². The number of carbonyl (C=O) groups excluding carboxylic acids is 1. The van der Waals surface area contributed by atoms with E-state index in [4.69, 9.17) is 5.11 Å². The quantitative estimate of drug-likeness (QED) is 0.633. The molecule has 11 heavy (non-hydrogen) atoms. The van der Waals surface area contributed by atoms with Gasteiger partial charge in [0.05, 0.1) is 0 Å². The van der Waals surface area contributed by atoms with Crippen LogP contribution in [0.25, 0.3) is 0 Å². The molecule has 0 aliphatic heterocycles. The second kappa shape index (κ2) is 4.34. The average Bonchev–Trinajstić information content (AvgIpc) is 1.86. The second-order valence-corrected chi connectivity index (χ2v) is 3.26. The molecular weight excluding hydrogens is 142 g/mol. The van der Waals surface area contributed by atoms with Gasteiger partial charge in [0, 0.05) is 18.6 Å². The van der Waals surface area contributed by atoms with Crippen molar-refractivity contribution in [3.63, 3.8) is 0 Å². The van der Waals surface area contributed by atoms with Crippen LogP contribution in [0, 0.1) is 0 Å². The fourth-order valence-corrected chi connectivity index (χ4v) is 0.808. The minimum atomic E-state index is -0.276. The summed E-state index contributed by atoms with van der Waals surface area (Å²) in [6.07, 6.45) is 1.09. The molecule has 3 heteroatoms. The molecule has 0 aromatic rings. The fraction of sp³-hybridized carbons (Fsp3) is 0.875. The highest BCUT2D eigenvalue weighted by molar-refractivity contribution is 5.76. The van der Waals surface area contributed by atoms with Crippen molar-refractivity contribution >= 4 is 5.91 Å². The van der Waals surface area contributed by atoms with Crippen molar-refractivity contribution in [3.8, 4) is 0 Å². The van der Waals surface area contributed by atoms with E-state index in [-0.39, 0.29) is 18.1 Å². The first-order valence-corrected chi connectivity index (χ1v) is 3.93. The van der Waals surface area contributed by atoms with E-state index in [1.807, 2.05) is 20.8 Å². The van der Waals surface area contributed by atoms with E-state index >= 15 is 0 Å². The first kappa shape index (κ1) is 10.4. The summed E-state index contributed by atoms with van der Waals surface area (Å²) in [7, 11) is 0. The molecule has 0 fully saturated rings. The van der Waals surface area contributed by atoms with Gasteiger partial charge >= 0.3 is 0 Å². The summed E-state index contributed by atoms with van der Waals surface area (Å²) in [5.74, 6) is 0.0310. The summed E-state index contributed by atoms with van der Waals surface area (Å²) in [4.78, 5) is 10.9. The highest BCUT2D eigenvalue weighted by atomic mass is 16.3. The van der Waals surface area contributed by atoms with E-state index in [9.17, 15) is 4.79 Å². The van der Waals surface area contributed by atoms with Crippen LogP contribution in [0.1, 0.15) is 33.6 Å². The van der Waals surface area contributed by atoms with Crippen molar-refractivity contribution in [3.05, 3.63) is 0 Å². The van der Waals surface area contributed by atoms with Gasteiger partial charge in [0.25, 0.3) is 0 Å². The first-order valence-electron chi connectivity index (χ1n) is 3.93. The molecule has 0 saturated carbocycles. The van der Waals surface area contributed by atoms with E-state index in [0.717, 1.165) is 0 Å². The van der Waals surface area contributed by atoms with Gasteiger partial charge in [0.1, 0.15) is 0 Å². The standard InChI is InChI=1S/C8H17NO2/c1-4-7(11)9-8(2,3)5-6-10/h10H,4-6H2,1-3H3,(H,9,11). The molecule has 0 aliphatic carbocycles. The molecule has 0 aromatic heterocycles. The fourth-order valence-electron chi connectivity index (χ4n) is 0.808. The molecule has 0 bridgehead atoms. The zero-order valence-corrected chi connectivity index (χ0v) is 7.48. The Kier molecular flexibility index (Phi) is 4.11. The van der Waals surface area contributed by atoms with Crippen molar-refractivity contribution in [2.24, 2.45) is 0 Å². The number of hydrogen-bond donors (Lipinski definition) is 2. The highest BCUT2D eigenvalue weighted by Gasteiger charge is 2.17. The third kappa shape index (κ3) is 4.79. The third-order valence-corrected chi connectivity index (χ3v) is 1.54. The molecule has 0 aromatic carbocycles. The van der Waals surface area contributed by atoms with Crippen LogP contribution in [0.4, 0.5) is 0 Å². The van der Waals surface area contributed by atoms with Gasteiger partial charge in [-0.25, -0.2) is 0 Å². The van der Waals surface area contributed by atoms with Crippen LogP contribution in [0.5, 0.6) is 0 Å². The number of nitrogens with one attached hydrogen (secondary N) is 1. The zero-order valence-electron chi connectivity index (χ0n) is 7.48. The molecule has 0 heterocycles. The molecule has 0 atom stereocenters. The van der Waals surface area contributed by atoms with Gasteiger partial charge in [-0.05, 0) is 20.3 Å². The largest absolute Gasteiger partial charge is 0.396 e. The Morgan fingerprint density at radius 1 is 1.55 bits per heavy atom. The Morgan fingerprint density at radius 3 is 2.45 bits per heavy atom. The number of amides is 1. The van der Waals surface area contributed by atoms with Crippen molar-refractivity contribution in [1.29, 1.82) is 0 Å². The topological polar surface area (TPSA) is 49.3 Å². The molecule has 1 amide bonds. The average molecular weight is 159 g/mol. The van der Waals surface area contributed by atoms with Crippen LogP contribution in [0.15, 0.2) is 0 Å². The Hall–Kier alpha value is -0.570. The smallest absolute Gasteiger partial charge is 0.220 e. The number of carbonyl (C=O) groups is 1. The molecule has 0 saturated heterocycles. The maximum Gasteiger partial charge on any atom is 0.220 e. The van der Waals surface area contributed by atoms with Crippen molar-refractivity contribution in [2.45, 2.75) is 39.2 Å². The normalized spacial score (nSPS) is 11.3. The lowest BCUT2D eigenvalue weighted by Crippen LogP contribution is -2.43. The number of rotatable bonds is 4. The van der Waals surface area contributed by atoms with Gasteiger partial charge in [-0.3, -0.25) is 4.79 Å². The van der Waals surface area contributed by atoms with Gasteiger partial charge in [-0.1, -0.05) is 6.92 Å². The van der Waals surface area contributed by atoms with E-state index in [2.05, 4.69) is 5.32 Å². The number of aliphatic hydroxyl groups excluding tert-OH is 1. The van der Waals surface area contributed by atoms with E-state index in [1.165, 1.54) is 0 Å². The maximum absolute atomic E-state index is 10.9. The van der Waals surface area contributed by atoms with Gasteiger partial charge in [-0.15, -0.1) is 0 Å². The molecule has 0 spiro atoms. The summed E-state index contributed by atoms with van der Waals surface area (Å²) >= 11 is 0. The molecule has 0 aliphatic rings. The van der Waals surface area contributed by atoms with Crippen LogP contribution >= 0.6 is 0 Å². The Balaban J connectivity index is 3.80. The van der Waals surface area contributed by atoms with Crippen LogP contribution in [0.2, 0.25) is 0 Å².